The number of nitrogens with zero attached hydrogens (tertiary/aromatic N) is 3. The number of ether oxygens (including phenoxy) is 2. The molecular weight excluding hydrogens is 600 g/mol. The molecule has 1 aromatic carbocycles. The van der Waals surface area contributed by atoms with Crippen LogP contribution in [-0.4, -0.2) is 124 Å². The summed E-state index contributed by atoms with van der Waals surface area (Å²) in [6.07, 6.45) is 1.91. The van der Waals surface area contributed by atoms with Gasteiger partial charge in [0, 0.05) is 40.4 Å². The molecule has 1 fully saturated rings. The first-order chi connectivity index (χ1) is 22.3. The number of rotatable bonds is 19. The van der Waals surface area contributed by atoms with Gasteiger partial charge in [0.15, 0.2) is 0 Å². The molecule has 0 radical (unpaired) electrons. The minimum Gasteiger partial charge on any atom is -0.379 e. The highest BCUT2D eigenvalue weighted by atomic mass is 16.5. The second kappa shape index (κ2) is 19.7. The number of hydrogen-bond acceptors (Lipinski definition) is 8. The molecule has 2 rings (SSSR count). The van der Waals surface area contributed by atoms with Crippen LogP contribution in [0.5, 0.6) is 0 Å². The van der Waals surface area contributed by atoms with E-state index in [1.807, 2.05) is 77.0 Å². The van der Waals surface area contributed by atoms with E-state index < -0.39 is 18.1 Å². The van der Waals surface area contributed by atoms with E-state index >= 15 is 0 Å². The number of likely N-dealkylation sites (tertiary alicyclic amines) is 1. The summed E-state index contributed by atoms with van der Waals surface area (Å²) in [6.45, 7) is 8.46. The van der Waals surface area contributed by atoms with Crippen molar-refractivity contribution in [2.45, 2.75) is 96.2 Å². The van der Waals surface area contributed by atoms with Gasteiger partial charge in [-0.05, 0) is 44.8 Å². The van der Waals surface area contributed by atoms with Crippen LogP contribution in [0, 0.1) is 11.8 Å². The van der Waals surface area contributed by atoms with Crippen LogP contribution in [0.3, 0.4) is 0 Å². The molecule has 1 heterocycles. The number of methoxy groups -OCH3 is 2. The maximum atomic E-state index is 13.8. The lowest BCUT2D eigenvalue weighted by molar-refractivity contribution is -0.144. The molecule has 7 atom stereocenters. The van der Waals surface area contributed by atoms with Crippen LogP contribution >= 0.6 is 0 Å². The molecule has 266 valence electrons. The maximum absolute atomic E-state index is 13.8. The van der Waals surface area contributed by atoms with Gasteiger partial charge in [-0.15, -0.1) is 0 Å². The van der Waals surface area contributed by atoms with Crippen molar-refractivity contribution in [1.29, 1.82) is 0 Å². The van der Waals surface area contributed by atoms with E-state index in [0.29, 0.717) is 19.4 Å². The summed E-state index contributed by atoms with van der Waals surface area (Å²) in [6, 6.07) is 8.26. The molecular formula is C35H60N6O6. The summed E-state index contributed by atoms with van der Waals surface area (Å²) in [7, 11) is 8.50. The first-order valence-electron chi connectivity index (χ1n) is 16.9. The van der Waals surface area contributed by atoms with Crippen LogP contribution in [0.1, 0.15) is 71.4 Å². The fourth-order valence-electron chi connectivity index (χ4n) is 6.78. The van der Waals surface area contributed by atoms with Gasteiger partial charge in [0.05, 0.1) is 49.2 Å². The number of likely N-dealkylation sites (N-methyl/N-ethyl adjacent to an activating group) is 2. The lowest BCUT2D eigenvalue weighted by Crippen LogP contribution is -2.53. The summed E-state index contributed by atoms with van der Waals surface area (Å²) in [4.78, 5) is 58.4. The van der Waals surface area contributed by atoms with E-state index in [9.17, 15) is 19.2 Å². The number of nitrogens with one attached hydrogen (secondary N) is 2. The Kier molecular flexibility index (Phi) is 16.8. The highest BCUT2D eigenvalue weighted by Crippen LogP contribution is 2.28. The van der Waals surface area contributed by atoms with Crippen molar-refractivity contribution in [3.63, 3.8) is 0 Å². The van der Waals surface area contributed by atoms with E-state index in [2.05, 4.69) is 10.6 Å². The predicted molar refractivity (Wildman–Crippen MR) is 183 cm³/mol. The number of amides is 4. The molecule has 4 N–H and O–H groups in total. The third-order valence-electron chi connectivity index (χ3n) is 9.35. The van der Waals surface area contributed by atoms with Gasteiger partial charge in [-0.25, -0.2) is 0 Å². The van der Waals surface area contributed by atoms with E-state index in [-0.39, 0.29) is 73.2 Å². The highest BCUT2D eigenvalue weighted by Gasteiger charge is 2.41. The van der Waals surface area contributed by atoms with Crippen LogP contribution in [0.2, 0.25) is 0 Å². The Morgan fingerprint density at radius 3 is 2.21 bits per heavy atom. The first kappa shape index (κ1) is 40.1. The third kappa shape index (κ3) is 11.3. The Labute approximate surface area is 282 Å². The Morgan fingerprint density at radius 2 is 1.66 bits per heavy atom. The van der Waals surface area contributed by atoms with Gasteiger partial charge >= 0.3 is 0 Å². The molecule has 1 aliphatic rings. The molecule has 0 aromatic heterocycles. The molecule has 1 aliphatic heterocycles. The van der Waals surface area contributed by atoms with Gasteiger partial charge in [-0.2, -0.15) is 0 Å². The second-order valence-electron chi connectivity index (χ2n) is 13.3. The summed E-state index contributed by atoms with van der Waals surface area (Å²) in [5, 5.41) is 5.75. The van der Waals surface area contributed by atoms with E-state index in [1.165, 1.54) is 0 Å². The molecule has 0 spiro atoms. The fraction of sp³-hybridized carbons (Fsp3) is 0.714. The lowest BCUT2D eigenvalue weighted by Gasteiger charge is -2.37. The minimum absolute atomic E-state index is 0.0701. The quantitative estimate of drug-likeness (QED) is 0.205. The van der Waals surface area contributed by atoms with Crippen molar-refractivity contribution in [2.24, 2.45) is 17.6 Å². The van der Waals surface area contributed by atoms with E-state index in [4.69, 9.17) is 15.2 Å². The van der Waals surface area contributed by atoms with Crippen molar-refractivity contribution >= 4 is 23.6 Å². The van der Waals surface area contributed by atoms with Crippen molar-refractivity contribution in [1.82, 2.24) is 25.3 Å². The molecule has 1 saturated heterocycles. The summed E-state index contributed by atoms with van der Waals surface area (Å²) >= 11 is 0. The predicted octanol–water partition coefficient (Wildman–Crippen LogP) is 2.18. The number of hydrogen-bond donors (Lipinski definition) is 3. The topological polar surface area (TPSA) is 147 Å². The summed E-state index contributed by atoms with van der Waals surface area (Å²) in [5.41, 5.74) is 7.23. The van der Waals surface area contributed by atoms with Gasteiger partial charge in [-0.3, -0.25) is 24.1 Å². The molecule has 6 unspecified atom stereocenters. The first-order valence-corrected chi connectivity index (χ1v) is 16.9. The van der Waals surface area contributed by atoms with Crippen LogP contribution in [-0.2, 0) is 28.7 Å². The zero-order chi connectivity index (χ0) is 35.3. The van der Waals surface area contributed by atoms with Gasteiger partial charge in [0.2, 0.25) is 23.6 Å². The second-order valence-corrected chi connectivity index (χ2v) is 13.3. The summed E-state index contributed by atoms with van der Waals surface area (Å²) < 4.78 is 11.7. The fourth-order valence-corrected chi connectivity index (χ4v) is 6.78. The average molecular weight is 661 g/mol. The van der Waals surface area contributed by atoms with E-state index in [1.54, 1.807) is 31.1 Å². The molecule has 47 heavy (non-hydrogen) atoms. The van der Waals surface area contributed by atoms with Crippen LogP contribution in [0.4, 0.5) is 0 Å². The standard InChI is InChI=1S/C35H60N6O6/c1-10-15-27(40(7)31(43)22-38-35(45)32(23(2)3)39(5)6)29(46-8)20-30(42)41-19-14-18-28(41)33(47-9)24(4)34(44)37-21-26(36)25-16-12-11-13-17-25/h11-13,16-17,23-24,26-29,32-33H,10,14-15,18-22,36H2,1-9H3,(H,37,44)(H,38,45)/t24?,26?,27-,28?,29?,32?,33?/m0/s1. The van der Waals surface area contributed by atoms with Crippen LogP contribution < -0.4 is 16.4 Å². The van der Waals surface area contributed by atoms with Crippen LogP contribution in [0.25, 0.3) is 0 Å². The highest BCUT2D eigenvalue weighted by molar-refractivity contribution is 5.87. The normalized spacial score (nSPS) is 18.7. The molecule has 0 saturated carbocycles. The Balaban J connectivity index is 2.07. The number of benzene rings is 1. The van der Waals surface area contributed by atoms with Gasteiger partial charge in [-0.1, -0.05) is 64.4 Å². The minimum atomic E-state index is -0.556. The van der Waals surface area contributed by atoms with Crippen molar-refractivity contribution in [3.05, 3.63) is 35.9 Å². The molecule has 4 amide bonds. The van der Waals surface area contributed by atoms with Crippen molar-refractivity contribution in [2.75, 3.05) is 55.0 Å². The number of carbonyl (C=O) groups is 4. The zero-order valence-electron chi connectivity index (χ0n) is 30.0. The summed E-state index contributed by atoms with van der Waals surface area (Å²) in [5.74, 6) is -1.19. The molecule has 0 aliphatic carbocycles. The largest absolute Gasteiger partial charge is 0.379 e. The number of carbonyl (C=O) groups excluding carboxylic acids is 4. The average Bonchev–Trinajstić information content (AvgIpc) is 3.53. The number of nitrogens with two attached hydrogens (primary N) is 1. The Bertz CT molecular complexity index is 1130. The zero-order valence-corrected chi connectivity index (χ0v) is 30.0. The molecule has 12 heteroatoms. The van der Waals surface area contributed by atoms with Gasteiger partial charge in [0.1, 0.15) is 0 Å². The van der Waals surface area contributed by atoms with Crippen molar-refractivity contribution < 1.29 is 28.7 Å². The molecule has 0 bridgehead atoms. The SMILES string of the molecule is CCC[C@@H](C(CC(=O)N1CCCC1C(OC)C(C)C(=O)NCC(N)c1ccccc1)OC)N(C)C(=O)CNC(=O)C(C(C)C)N(C)C. The van der Waals surface area contributed by atoms with Crippen molar-refractivity contribution in [3.8, 4) is 0 Å². The smallest absolute Gasteiger partial charge is 0.242 e. The molecule has 1 aromatic rings. The van der Waals surface area contributed by atoms with Gasteiger partial charge in [0.25, 0.3) is 0 Å². The monoisotopic (exact) mass is 660 g/mol. The Morgan fingerprint density at radius 1 is 1.00 bits per heavy atom. The molecule has 12 nitrogen and oxygen atoms in total. The Hall–Kier alpha value is -3.06. The lowest BCUT2D eigenvalue weighted by atomic mass is 9.94. The van der Waals surface area contributed by atoms with Crippen LogP contribution in [0.15, 0.2) is 30.3 Å². The van der Waals surface area contributed by atoms with E-state index in [0.717, 1.165) is 18.4 Å². The van der Waals surface area contributed by atoms with Gasteiger partial charge < -0.3 is 35.6 Å². The maximum Gasteiger partial charge on any atom is 0.242 e. The third-order valence-corrected chi connectivity index (χ3v) is 9.35.